The number of carbonyl (C=O) groups excluding carboxylic acids is 1. The summed E-state index contributed by atoms with van der Waals surface area (Å²) >= 11 is 1.49. The van der Waals surface area contributed by atoms with Crippen LogP contribution in [0.3, 0.4) is 0 Å². The first-order valence-electron chi connectivity index (χ1n) is 10.5. The molecule has 0 atom stereocenters. The minimum atomic E-state index is -0.250. The maximum Gasteiger partial charge on any atom is 0.321 e. The van der Waals surface area contributed by atoms with E-state index in [9.17, 15) is 9.90 Å². The maximum atomic E-state index is 12.3. The third kappa shape index (κ3) is 4.91. The van der Waals surface area contributed by atoms with Gasteiger partial charge in [-0.15, -0.1) is 0 Å². The molecule has 0 unspecified atom stereocenters. The van der Waals surface area contributed by atoms with Crippen LogP contribution in [0.15, 0.2) is 42.5 Å². The SMILES string of the molecule is CCc1ccc2nc(NC(=O)NCc3ccc(N4CCC(CO)CC4)cc3)sc2c1. The van der Waals surface area contributed by atoms with Gasteiger partial charge in [-0.3, -0.25) is 5.32 Å². The molecular formula is C23H28N4O2S. The van der Waals surface area contributed by atoms with Crippen LogP contribution in [0.2, 0.25) is 0 Å². The first-order chi connectivity index (χ1) is 14.6. The van der Waals surface area contributed by atoms with Crippen molar-refractivity contribution in [1.29, 1.82) is 0 Å². The largest absolute Gasteiger partial charge is 0.396 e. The fourth-order valence-corrected chi connectivity index (χ4v) is 4.69. The van der Waals surface area contributed by atoms with Crippen LogP contribution in [0.1, 0.15) is 30.9 Å². The number of urea groups is 1. The average Bonchev–Trinajstić information content (AvgIpc) is 3.19. The number of nitrogens with zero attached hydrogens (tertiary/aromatic N) is 2. The number of hydrogen-bond acceptors (Lipinski definition) is 5. The molecule has 2 aromatic carbocycles. The Balaban J connectivity index is 1.28. The number of thiazole rings is 1. The minimum Gasteiger partial charge on any atom is -0.396 e. The summed E-state index contributed by atoms with van der Waals surface area (Å²) in [6, 6.07) is 14.3. The number of benzene rings is 2. The molecular weight excluding hydrogens is 396 g/mol. The minimum absolute atomic E-state index is 0.250. The Labute approximate surface area is 180 Å². The lowest BCUT2D eigenvalue weighted by atomic mass is 9.97. The van der Waals surface area contributed by atoms with Gasteiger partial charge in [0.25, 0.3) is 0 Å². The van der Waals surface area contributed by atoms with Gasteiger partial charge in [0.15, 0.2) is 5.13 Å². The zero-order valence-electron chi connectivity index (χ0n) is 17.2. The van der Waals surface area contributed by atoms with Gasteiger partial charge in [0.1, 0.15) is 0 Å². The van der Waals surface area contributed by atoms with E-state index in [2.05, 4.69) is 63.8 Å². The standard InChI is InChI=1S/C23H28N4O2S/c1-2-16-5-8-20-21(13-16)30-23(25-20)26-22(29)24-14-17-3-6-19(7-4-17)27-11-9-18(15-28)10-12-27/h3-8,13,18,28H,2,9-12,14-15H2,1H3,(H2,24,25,26,29). The van der Waals surface area contributed by atoms with E-state index < -0.39 is 0 Å². The van der Waals surface area contributed by atoms with Gasteiger partial charge in [-0.25, -0.2) is 9.78 Å². The fourth-order valence-electron chi connectivity index (χ4n) is 3.76. The normalized spacial score (nSPS) is 14.8. The number of aromatic nitrogens is 1. The van der Waals surface area contributed by atoms with Crippen molar-refractivity contribution in [2.75, 3.05) is 29.9 Å². The monoisotopic (exact) mass is 424 g/mol. The summed E-state index contributed by atoms with van der Waals surface area (Å²) < 4.78 is 1.09. The molecule has 2 heterocycles. The van der Waals surface area contributed by atoms with Crippen molar-refractivity contribution in [2.24, 2.45) is 5.92 Å². The van der Waals surface area contributed by atoms with Crippen molar-refractivity contribution >= 4 is 38.4 Å². The predicted molar refractivity (Wildman–Crippen MR) is 123 cm³/mol. The number of hydrogen-bond donors (Lipinski definition) is 3. The summed E-state index contributed by atoms with van der Waals surface area (Å²) in [6.45, 7) is 4.83. The number of aliphatic hydroxyl groups is 1. The average molecular weight is 425 g/mol. The number of carbonyl (C=O) groups is 1. The molecule has 2 amide bonds. The van der Waals surface area contributed by atoms with Crippen LogP contribution in [0.25, 0.3) is 10.2 Å². The molecule has 1 saturated heterocycles. The molecule has 0 bridgehead atoms. The van der Waals surface area contributed by atoms with E-state index in [1.807, 2.05) is 6.07 Å². The highest BCUT2D eigenvalue weighted by Gasteiger charge is 2.18. The summed E-state index contributed by atoms with van der Waals surface area (Å²) in [6.07, 6.45) is 3.05. The van der Waals surface area contributed by atoms with Crippen molar-refractivity contribution in [3.63, 3.8) is 0 Å². The quantitative estimate of drug-likeness (QED) is 0.548. The molecule has 30 heavy (non-hydrogen) atoms. The van der Waals surface area contributed by atoms with Crippen LogP contribution in [0, 0.1) is 5.92 Å². The van der Waals surface area contributed by atoms with E-state index in [0.717, 1.165) is 48.1 Å². The second-order valence-corrected chi connectivity index (χ2v) is 8.79. The molecule has 0 spiro atoms. The Morgan fingerprint density at radius 1 is 1.17 bits per heavy atom. The number of aliphatic hydroxyl groups excluding tert-OH is 1. The van der Waals surface area contributed by atoms with E-state index in [1.165, 1.54) is 22.6 Å². The zero-order valence-corrected chi connectivity index (χ0v) is 18.0. The van der Waals surface area contributed by atoms with Crippen LogP contribution < -0.4 is 15.5 Å². The molecule has 0 aliphatic carbocycles. The number of piperidine rings is 1. The van der Waals surface area contributed by atoms with Gasteiger partial charge in [0.05, 0.1) is 10.2 Å². The number of aryl methyl sites for hydroxylation is 1. The van der Waals surface area contributed by atoms with Crippen LogP contribution >= 0.6 is 11.3 Å². The second kappa shape index (κ2) is 9.45. The van der Waals surface area contributed by atoms with E-state index in [-0.39, 0.29) is 12.6 Å². The molecule has 7 heteroatoms. The lowest BCUT2D eigenvalue weighted by Crippen LogP contribution is -2.34. The predicted octanol–water partition coefficient (Wildman–Crippen LogP) is 4.39. The molecule has 6 nitrogen and oxygen atoms in total. The van der Waals surface area contributed by atoms with Gasteiger partial charge in [-0.2, -0.15) is 0 Å². The molecule has 1 aliphatic rings. The molecule has 1 fully saturated rings. The molecule has 1 aliphatic heterocycles. The lowest BCUT2D eigenvalue weighted by molar-refractivity contribution is 0.203. The topological polar surface area (TPSA) is 77.5 Å². The Morgan fingerprint density at radius 2 is 1.90 bits per heavy atom. The Morgan fingerprint density at radius 3 is 2.60 bits per heavy atom. The fraction of sp³-hybridized carbons (Fsp3) is 0.391. The maximum absolute atomic E-state index is 12.3. The van der Waals surface area contributed by atoms with E-state index in [1.54, 1.807) is 0 Å². The third-order valence-electron chi connectivity index (χ3n) is 5.71. The van der Waals surface area contributed by atoms with Gasteiger partial charge in [-0.05, 0) is 60.6 Å². The van der Waals surface area contributed by atoms with Crippen molar-refractivity contribution < 1.29 is 9.90 Å². The summed E-state index contributed by atoms with van der Waals surface area (Å²) in [5.74, 6) is 0.437. The second-order valence-electron chi connectivity index (χ2n) is 7.76. The smallest absolute Gasteiger partial charge is 0.321 e. The van der Waals surface area contributed by atoms with Crippen LogP contribution in [-0.2, 0) is 13.0 Å². The molecule has 1 aromatic heterocycles. The van der Waals surface area contributed by atoms with Crippen LogP contribution in [0.5, 0.6) is 0 Å². The summed E-state index contributed by atoms with van der Waals surface area (Å²) in [4.78, 5) is 19.1. The van der Waals surface area contributed by atoms with Crippen molar-refractivity contribution in [1.82, 2.24) is 10.3 Å². The molecule has 3 aromatic rings. The molecule has 0 radical (unpaired) electrons. The zero-order chi connectivity index (χ0) is 20.9. The van der Waals surface area contributed by atoms with E-state index in [0.29, 0.717) is 17.6 Å². The first kappa shape index (κ1) is 20.6. The van der Waals surface area contributed by atoms with Gasteiger partial charge in [0, 0.05) is 31.9 Å². The first-order valence-corrected chi connectivity index (χ1v) is 11.4. The number of rotatable bonds is 6. The third-order valence-corrected chi connectivity index (χ3v) is 6.64. The molecule has 158 valence electrons. The number of anilines is 2. The van der Waals surface area contributed by atoms with Crippen molar-refractivity contribution in [3.05, 3.63) is 53.6 Å². The van der Waals surface area contributed by atoms with Gasteiger partial charge >= 0.3 is 6.03 Å². The summed E-state index contributed by atoms with van der Waals surface area (Å²) in [5.41, 5.74) is 4.42. The van der Waals surface area contributed by atoms with Gasteiger partial charge in [0.2, 0.25) is 0 Å². The van der Waals surface area contributed by atoms with Crippen LogP contribution in [-0.4, -0.2) is 35.8 Å². The number of amides is 2. The highest BCUT2D eigenvalue weighted by Crippen LogP contribution is 2.27. The number of fused-ring (bicyclic) bond motifs is 1. The summed E-state index contributed by atoms with van der Waals surface area (Å²) in [7, 11) is 0. The van der Waals surface area contributed by atoms with Gasteiger partial charge < -0.3 is 15.3 Å². The Kier molecular flexibility index (Phi) is 6.50. The Hall–Kier alpha value is -2.64. The van der Waals surface area contributed by atoms with Gasteiger partial charge in [-0.1, -0.05) is 36.5 Å². The van der Waals surface area contributed by atoms with E-state index >= 15 is 0 Å². The number of nitrogens with one attached hydrogen (secondary N) is 2. The molecule has 3 N–H and O–H groups in total. The van der Waals surface area contributed by atoms with E-state index in [4.69, 9.17) is 0 Å². The highest BCUT2D eigenvalue weighted by atomic mass is 32.1. The van der Waals surface area contributed by atoms with Crippen molar-refractivity contribution in [3.8, 4) is 0 Å². The Bertz CT molecular complexity index is 994. The lowest BCUT2D eigenvalue weighted by Gasteiger charge is -2.33. The highest BCUT2D eigenvalue weighted by molar-refractivity contribution is 7.22. The molecule has 0 saturated carbocycles. The summed E-state index contributed by atoms with van der Waals surface area (Å²) in [5, 5.41) is 15.6. The van der Waals surface area contributed by atoms with Crippen LogP contribution in [0.4, 0.5) is 15.6 Å². The molecule has 4 rings (SSSR count). The van der Waals surface area contributed by atoms with Crippen molar-refractivity contribution in [2.45, 2.75) is 32.7 Å².